The van der Waals surface area contributed by atoms with Crippen LogP contribution >= 0.6 is 11.5 Å². The SMILES string of the molecule is CCCCCCCCCCCCC(=O)c1csnn1. The van der Waals surface area contributed by atoms with Gasteiger partial charge in [0.1, 0.15) is 5.69 Å². The van der Waals surface area contributed by atoms with Crippen molar-refractivity contribution >= 4 is 17.3 Å². The fourth-order valence-corrected chi connectivity index (χ4v) is 2.65. The van der Waals surface area contributed by atoms with Crippen LogP contribution < -0.4 is 0 Å². The molecule has 0 aliphatic carbocycles. The maximum Gasteiger partial charge on any atom is 0.183 e. The molecule has 0 aromatic carbocycles. The van der Waals surface area contributed by atoms with E-state index in [0.717, 1.165) is 12.8 Å². The second-order valence-corrected chi connectivity index (χ2v) is 5.76. The first-order chi connectivity index (χ1) is 9.34. The van der Waals surface area contributed by atoms with Gasteiger partial charge in [-0.1, -0.05) is 69.2 Å². The summed E-state index contributed by atoms with van der Waals surface area (Å²) in [7, 11) is 0. The van der Waals surface area contributed by atoms with E-state index in [1.165, 1.54) is 62.9 Å². The Morgan fingerprint density at radius 3 is 2.11 bits per heavy atom. The molecule has 0 spiro atoms. The molecule has 0 amide bonds. The summed E-state index contributed by atoms with van der Waals surface area (Å²) in [5.41, 5.74) is 0.543. The predicted molar refractivity (Wildman–Crippen MR) is 80.7 cm³/mol. The lowest BCUT2D eigenvalue weighted by atomic mass is 10.0. The Morgan fingerprint density at radius 1 is 1.00 bits per heavy atom. The highest BCUT2D eigenvalue weighted by Gasteiger charge is 2.07. The van der Waals surface area contributed by atoms with Crippen LogP contribution in [0.1, 0.15) is 88.0 Å². The fourth-order valence-electron chi connectivity index (χ4n) is 2.19. The summed E-state index contributed by atoms with van der Waals surface area (Å²) < 4.78 is 3.71. The van der Waals surface area contributed by atoms with Crippen LogP contribution in [-0.2, 0) is 0 Å². The second-order valence-electron chi connectivity index (χ2n) is 5.15. The van der Waals surface area contributed by atoms with Crippen molar-refractivity contribution in [2.75, 3.05) is 0 Å². The number of aromatic nitrogens is 2. The molecule has 1 rings (SSSR count). The average Bonchev–Trinajstić information content (AvgIpc) is 2.95. The number of unbranched alkanes of at least 4 members (excludes halogenated alkanes) is 9. The molecule has 0 atom stereocenters. The third kappa shape index (κ3) is 8.09. The zero-order valence-electron chi connectivity index (χ0n) is 12.1. The molecule has 0 saturated carbocycles. The molecule has 0 fully saturated rings. The molecule has 0 saturated heterocycles. The monoisotopic (exact) mass is 282 g/mol. The number of carbonyl (C=O) groups excluding carboxylic acids is 1. The number of ketones is 1. The largest absolute Gasteiger partial charge is 0.292 e. The van der Waals surface area contributed by atoms with E-state index in [1.807, 2.05) is 0 Å². The zero-order valence-corrected chi connectivity index (χ0v) is 12.9. The van der Waals surface area contributed by atoms with Gasteiger partial charge in [-0.2, -0.15) is 0 Å². The molecule has 19 heavy (non-hydrogen) atoms. The van der Waals surface area contributed by atoms with Crippen molar-refractivity contribution in [3.8, 4) is 0 Å². The third-order valence-corrected chi connectivity index (χ3v) is 3.91. The molecule has 4 heteroatoms. The van der Waals surface area contributed by atoms with Crippen LogP contribution in [0, 0.1) is 0 Å². The van der Waals surface area contributed by atoms with E-state index in [1.54, 1.807) is 5.38 Å². The Balaban J connectivity index is 1.85. The van der Waals surface area contributed by atoms with Gasteiger partial charge < -0.3 is 0 Å². The van der Waals surface area contributed by atoms with Crippen molar-refractivity contribution in [2.24, 2.45) is 0 Å². The molecule has 0 bridgehead atoms. The Hall–Kier alpha value is -0.770. The Bertz CT molecular complexity index is 325. The predicted octanol–water partition coefficient (Wildman–Crippen LogP) is 5.03. The lowest BCUT2D eigenvalue weighted by molar-refractivity contribution is 0.0974. The van der Waals surface area contributed by atoms with Crippen molar-refractivity contribution < 1.29 is 4.79 Å². The van der Waals surface area contributed by atoms with Crippen LogP contribution in [0.15, 0.2) is 5.38 Å². The molecule has 0 N–H and O–H groups in total. The first-order valence-electron chi connectivity index (χ1n) is 7.65. The Morgan fingerprint density at radius 2 is 1.58 bits per heavy atom. The van der Waals surface area contributed by atoms with E-state index in [9.17, 15) is 4.79 Å². The maximum atomic E-state index is 11.6. The molecule has 108 valence electrons. The smallest absolute Gasteiger partial charge is 0.183 e. The van der Waals surface area contributed by atoms with Gasteiger partial charge in [-0.15, -0.1) is 5.10 Å². The van der Waals surface area contributed by atoms with Gasteiger partial charge in [0, 0.05) is 11.8 Å². The number of carbonyl (C=O) groups is 1. The molecule has 0 aliphatic rings. The maximum absolute atomic E-state index is 11.6. The average molecular weight is 282 g/mol. The van der Waals surface area contributed by atoms with Crippen LogP contribution in [0.25, 0.3) is 0 Å². The summed E-state index contributed by atoms with van der Waals surface area (Å²) in [6.45, 7) is 2.25. The molecule has 0 aliphatic heterocycles. The first kappa shape index (κ1) is 16.3. The second kappa shape index (κ2) is 11.1. The van der Waals surface area contributed by atoms with E-state index in [-0.39, 0.29) is 5.78 Å². The molecule has 0 radical (unpaired) electrons. The highest BCUT2D eigenvalue weighted by molar-refractivity contribution is 7.03. The normalized spacial score (nSPS) is 10.8. The zero-order chi connectivity index (χ0) is 13.8. The summed E-state index contributed by atoms with van der Waals surface area (Å²) in [4.78, 5) is 11.6. The van der Waals surface area contributed by atoms with E-state index in [2.05, 4.69) is 16.5 Å². The van der Waals surface area contributed by atoms with Gasteiger partial charge in [-0.25, -0.2) is 0 Å². The lowest BCUT2D eigenvalue weighted by Crippen LogP contribution is -1.99. The molecule has 1 aromatic rings. The van der Waals surface area contributed by atoms with E-state index in [4.69, 9.17) is 0 Å². The van der Waals surface area contributed by atoms with Crippen molar-refractivity contribution in [1.82, 2.24) is 9.59 Å². The molecule has 1 heterocycles. The van der Waals surface area contributed by atoms with Crippen molar-refractivity contribution in [1.29, 1.82) is 0 Å². The van der Waals surface area contributed by atoms with Gasteiger partial charge in [0.05, 0.1) is 0 Å². The number of hydrogen-bond acceptors (Lipinski definition) is 4. The Kier molecular flexibility index (Phi) is 9.51. The minimum atomic E-state index is 0.147. The Labute approximate surface area is 121 Å². The lowest BCUT2D eigenvalue weighted by Gasteiger charge is -2.01. The van der Waals surface area contributed by atoms with Gasteiger partial charge >= 0.3 is 0 Å². The standard InChI is InChI=1S/C15H26N2OS/c1-2-3-4-5-6-7-8-9-10-11-12-15(18)14-13-19-17-16-14/h13H,2-12H2,1H3. The van der Waals surface area contributed by atoms with Crippen LogP contribution in [-0.4, -0.2) is 15.4 Å². The number of rotatable bonds is 12. The summed E-state index contributed by atoms with van der Waals surface area (Å²) in [5, 5.41) is 5.53. The molecular weight excluding hydrogens is 256 g/mol. The molecule has 3 nitrogen and oxygen atoms in total. The van der Waals surface area contributed by atoms with Gasteiger partial charge in [0.25, 0.3) is 0 Å². The quantitative estimate of drug-likeness (QED) is 0.399. The topological polar surface area (TPSA) is 42.9 Å². The summed E-state index contributed by atoms with van der Waals surface area (Å²) in [6.07, 6.45) is 13.6. The van der Waals surface area contributed by atoms with Crippen LogP contribution in [0.3, 0.4) is 0 Å². The molecule has 0 unspecified atom stereocenters. The van der Waals surface area contributed by atoms with Gasteiger partial charge in [0.2, 0.25) is 0 Å². The van der Waals surface area contributed by atoms with Gasteiger partial charge in [-0.05, 0) is 18.0 Å². The minimum Gasteiger partial charge on any atom is -0.292 e. The highest BCUT2D eigenvalue weighted by Crippen LogP contribution is 2.12. The van der Waals surface area contributed by atoms with Crippen molar-refractivity contribution in [3.63, 3.8) is 0 Å². The molecule has 1 aromatic heterocycles. The van der Waals surface area contributed by atoms with Crippen LogP contribution in [0.2, 0.25) is 0 Å². The highest BCUT2D eigenvalue weighted by atomic mass is 32.1. The first-order valence-corrected chi connectivity index (χ1v) is 8.48. The van der Waals surface area contributed by atoms with Crippen LogP contribution in [0.4, 0.5) is 0 Å². The van der Waals surface area contributed by atoms with Crippen molar-refractivity contribution in [3.05, 3.63) is 11.1 Å². The number of nitrogens with zero attached hydrogens (tertiary/aromatic N) is 2. The third-order valence-electron chi connectivity index (χ3n) is 3.40. The van der Waals surface area contributed by atoms with Gasteiger partial charge in [-0.3, -0.25) is 4.79 Å². The number of Topliss-reactive ketones (excluding diaryl/α,β-unsaturated/α-hetero) is 1. The van der Waals surface area contributed by atoms with Crippen molar-refractivity contribution in [2.45, 2.75) is 77.6 Å². The van der Waals surface area contributed by atoms with E-state index >= 15 is 0 Å². The summed E-state index contributed by atoms with van der Waals surface area (Å²) >= 11 is 1.24. The minimum absolute atomic E-state index is 0.147. The summed E-state index contributed by atoms with van der Waals surface area (Å²) in [5.74, 6) is 0.147. The van der Waals surface area contributed by atoms with E-state index < -0.39 is 0 Å². The number of hydrogen-bond donors (Lipinski definition) is 0. The van der Waals surface area contributed by atoms with E-state index in [0.29, 0.717) is 12.1 Å². The fraction of sp³-hybridized carbons (Fsp3) is 0.800. The van der Waals surface area contributed by atoms with Crippen LogP contribution in [0.5, 0.6) is 0 Å². The molecular formula is C15H26N2OS. The van der Waals surface area contributed by atoms with Gasteiger partial charge in [0.15, 0.2) is 5.78 Å². The summed E-state index contributed by atoms with van der Waals surface area (Å²) in [6, 6.07) is 0.